The van der Waals surface area contributed by atoms with Gasteiger partial charge in [-0.25, -0.2) is 14.8 Å². The molecule has 0 saturated heterocycles. The first-order valence-corrected chi connectivity index (χ1v) is 2.30. The summed E-state index contributed by atoms with van der Waals surface area (Å²) in [5.41, 5.74) is 0.0185. The van der Waals surface area contributed by atoms with Gasteiger partial charge in [-0.2, -0.15) is 0 Å². The van der Waals surface area contributed by atoms with E-state index in [0.717, 1.165) is 0 Å². The minimum absolute atomic E-state index is 0. The fourth-order valence-corrected chi connectivity index (χ4v) is 0.417. The molecule has 0 fully saturated rings. The van der Waals surface area contributed by atoms with E-state index in [1.807, 2.05) is 0 Å². The molecule has 54 valence electrons. The molecule has 5 heteroatoms. The number of aromatic carboxylic acids is 1. The predicted molar refractivity (Wildman–Crippen MR) is 39.3 cm³/mol. The van der Waals surface area contributed by atoms with Crippen molar-refractivity contribution in [2.75, 3.05) is 0 Å². The second kappa shape index (κ2) is 3.94. The first-order valence-electron chi connectivity index (χ1n) is 2.30. The van der Waals surface area contributed by atoms with Crippen molar-refractivity contribution in [1.82, 2.24) is 9.97 Å². The molecule has 1 N–H and O–H groups in total. The van der Waals surface area contributed by atoms with Crippen LogP contribution in [0.25, 0.3) is 0 Å². The lowest BCUT2D eigenvalue weighted by Crippen LogP contribution is -1.98. The molecule has 4 nitrogen and oxygen atoms in total. The number of carboxylic acids is 1. The van der Waals surface area contributed by atoms with Crippen LogP contribution in [-0.2, 0) is 0 Å². The van der Waals surface area contributed by atoms with Crippen LogP contribution in [0.1, 0.15) is 10.5 Å². The Morgan fingerprint density at radius 1 is 1.60 bits per heavy atom. The van der Waals surface area contributed by atoms with Crippen LogP contribution in [0, 0.1) is 0 Å². The lowest BCUT2D eigenvalue weighted by atomic mass is 10.4. The van der Waals surface area contributed by atoms with Gasteiger partial charge in [0.1, 0.15) is 6.33 Å². The number of aromatic nitrogens is 2. The van der Waals surface area contributed by atoms with E-state index in [4.69, 9.17) is 5.11 Å². The van der Waals surface area contributed by atoms with E-state index in [2.05, 4.69) is 9.97 Å². The zero-order valence-electron chi connectivity index (χ0n) is 4.89. The minimum Gasteiger partial charge on any atom is -0.477 e. The predicted octanol–water partition coefficient (Wildman–Crippen LogP) is 0.753. The summed E-state index contributed by atoms with van der Waals surface area (Å²) in [5.74, 6) is -1.03. The third-order valence-electron chi connectivity index (χ3n) is 0.801. The molecule has 1 aromatic heterocycles. The van der Waals surface area contributed by atoms with Crippen LogP contribution in [0.3, 0.4) is 0 Å². The first-order chi connectivity index (χ1) is 4.30. The standard InChI is InChI=1S/C5H4N2O2.BrH/c8-5(9)4-1-2-6-3-7-4;/h1-3H,(H,8,9);1H. The van der Waals surface area contributed by atoms with E-state index in [9.17, 15) is 4.79 Å². The highest BCUT2D eigenvalue weighted by atomic mass is 79.9. The molecule has 1 aromatic rings. The lowest BCUT2D eigenvalue weighted by molar-refractivity contribution is 0.0690. The fraction of sp³-hybridized carbons (Fsp3) is 0. The normalized spacial score (nSPS) is 8.00. The second-order valence-corrected chi connectivity index (χ2v) is 1.40. The highest BCUT2D eigenvalue weighted by molar-refractivity contribution is 8.93. The molecule has 0 bridgehead atoms. The van der Waals surface area contributed by atoms with Gasteiger partial charge in [-0.3, -0.25) is 0 Å². The maximum absolute atomic E-state index is 10.1. The van der Waals surface area contributed by atoms with Crippen LogP contribution >= 0.6 is 17.0 Å². The van der Waals surface area contributed by atoms with E-state index in [-0.39, 0.29) is 22.7 Å². The molecular formula is C5H5BrN2O2. The number of rotatable bonds is 1. The van der Waals surface area contributed by atoms with Gasteiger partial charge >= 0.3 is 5.97 Å². The van der Waals surface area contributed by atoms with Crippen molar-refractivity contribution in [1.29, 1.82) is 0 Å². The summed E-state index contributed by atoms with van der Waals surface area (Å²) >= 11 is 0. The third-order valence-corrected chi connectivity index (χ3v) is 0.801. The molecule has 0 radical (unpaired) electrons. The van der Waals surface area contributed by atoms with Crippen molar-refractivity contribution in [2.45, 2.75) is 0 Å². The summed E-state index contributed by atoms with van der Waals surface area (Å²) in [4.78, 5) is 17.1. The van der Waals surface area contributed by atoms with E-state index in [0.29, 0.717) is 0 Å². The summed E-state index contributed by atoms with van der Waals surface area (Å²) in [5, 5.41) is 8.29. The van der Waals surface area contributed by atoms with Gasteiger partial charge in [0, 0.05) is 6.20 Å². The van der Waals surface area contributed by atoms with E-state index in [1.54, 1.807) is 0 Å². The van der Waals surface area contributed by atoms with Crippen molar-refractivity contribution >= 4 is 23.0 Å². The Balaban J connectivity index is 0.000000810. The summed E-state index contributed by atoms with van der Waals surface area (Å²) in [6.07, 6.45) is 2.58. The smallest absolute Gasteiger partial charge is 0.354 e. The average molecular weight is 205 g/mol. The van der Waals surface area contributed by atoms with Crippen molar-refractivity contribution in [2.24, 2.45) is 0 Å². The van der Waals surface area contributed by atoms with Crippen LogP contribution < -0.4 is 0 Å². The Labute approximate surface area is 67.7 Å². The van der Waals surface area contributed by atoms with E-state index >= 15 is 0 Å². The summed E-state index contributed by atoms with van der Waals surface area (Å²) < 4.78 is 0. The topological polar surface area (TPSA) is 63.1 Å². The molecule has 10 heavy (non-hydrogen) atoms. The van der Waals surface area contributed by atoms with Crippen molar-refractivity contribution in [3.63, 3.8) is 0 Å². The molecule has 0 saturated carbocycles. The number of hydrogen-bond acceptors (Lipinski definition) is 3. The van der Waals surface area contributed by atoms with Gasteiger partial charge in [-0.15, -0.1) is 17.0 Å². The maximum Gasteiger partial charge on any atom is 0.354 e. The van der Waals surface area contributed by atoms with Gasteiger partial charge in [-0.1, -0.05) is 0 Å². The Bertz CT molecular complexity index is 214. The number of carboxylic acid groups (broad SMARTS) is 1. The Morgan fingerprint density at radius 2 is 2.30 bits per heavy atom. The molecule has 0 unspecified atom stereocenters. The molecule has 1 heterocycles. The number of halogens is 1. The summed E-state index contributed by atoms with van der Waals surface area (Å²) in [6.45, 7) is 0. The third kappa shape index (κ3) is 2.10. The van der Waals surface area contributed by atoms with Crippen LogP contribution in [0.15, 0.2) is 18.6 Å². The molecule has 1 rings (SSSR count). The molecule has 0 atom stereocenters. The maximum atomic E-state index is 10.1. The molecule has 0 aliphatic heterocycles. The van der Waals surface area contributed by atoms with Gasteiger partial charge in [0.15, 0.2) is 5.69 Å². The summed E-state index contributed by atoms with van der Waals surface area (Å²) in [6, 6.07) is 1.34. The highest BCUT2D eigenvalue weighted by Gasteiger charge is 1.99. The monoisotopic (exact) mass is 204 g/mol. The first kappa shape index (κ1) is 9.03. The number of hydrogen-bond donors (Lipinski definition) is 1. The van der Waals surface area contributed by atoms with Gasteiger partial charge < -0.3 is 5.11 Å². The SMILES string of the molecule is Br.O=C(O)c1ccncn1. The Kier molecular flexibility index (Phi) is 3.56. The second-order valence-electron chi connectivity index (χ2n) is 1.40. The Hall–Kier alpha value is -0.970. The minimum atomic E-state index is -1.03. The molecular weight excluding hydrogens is 200 g/mol. The quantitative estimate of drug-likeness (QED) is 0.734. The number of nitrogens with zero attached hydrogens (tertiary/aromatic N) is 2. The van der Waals surface area contributed by atoms with Crippen molar-refractivity contribution < 1.29 is 9.90 Å². The molecule has 0 amide bonds. The Morgan fingerprint density at radius 3 is 2.60 bits per heavy atom. The highest BCUT2D eigenvalue weighted by Crippen LogP contribution is 1.87. The summed E-state index contributed by atoms with van der Waals surface area (Å²) in [7, 11) is 0. The van der Waals surface area contributed by atoms with Gasteiger partial charge in [0.25, 0.3) is 0 Å². The van der Waals surface area contributed by atoms with Gasteiger partial charge in [-0.05, 0) is 6.07 Å². The van der Waals surface area contributed by atoms with E-state index < -0.39 is 5.97 Å². The molecule has 0 spiro atoms. The lowest BCUT2D eigenvalue weighted by Gasteiger charge is -1.86. The van der Waals surface area contributed by atoms with Crippen molar-refractivity contribution in [3.8, 4) is 0 Å². The zero-order valence-corrected chi connectivity index (χ0v) is 6.60. The van der Waals surface area contributed by atoms with Crippen LogP contribution in [0.2, 0.25) is 0 Å². The van der Waals surface area contributed by atoms with Gasteiger partial charge in [0.2, 0.25) is 0 Å². The van der Waals surface area contributed by atoms with E-state index in [1.165, 1.54) is 18.6 Å². The average Bonchev–Trinajstić information content (AvgIpc) is 1.90. The molecule has 0 aromatic carbocycles. The zero-order chi connectivity index (χ0) is 6.69. The van der Waals surface area contributed by atoms with Crippen LogP contribution in [-0.4, -0.2) is 21.0 Å². The van der Waals surface area contributed by atoms with Crippen LogP contribution in [0.4, 0.5) is 0 Å². The number of carbonyl (C=O) groups is 1. The van der Waals surface area contributed by atoms with Crippen molar-refractivity contribution in [3.05, 3.63) is 24.3 Å². The van der Waals surface area contributed by atoms with Gasteiger partial charge in [0.05, 0.1) is 0 Å². The molecule has 0 aliphatic carbocycles. The van der Waals surface area contributed by atoms with Crippen LogP contribution in [0.5, 0.6) is 0 Å². The largest absolute Gasteiger partial charge is 0.477 e. The fourth-order valence-electron chi connectivity index (χ4n) is 0.417. The molecule has 0 aliphatic rings.